The van der Waals surface area contributed by atoms with Crippen molar-refractivity contribution >= 4 is 5.97 Å². The number of esters is 1. The Morgan fingerprint density at radius 2 is 1.81 bits per heavy atom. The van der Waals surface area contributed by atoms with E-state index in [1.807, 2.05) is 30.3 Å². The molecule has 0 radical (unpaired) electrons. The molecule has 1 aromatic carbocycles. The molecule has 6 rings (SSSR count). The third kappa shape index (κ3) is 2.61. The van der Waals surface area contributed by atoms with E-state index in [9.17, 15) is 9.90 Å². The molecule has 5 unspecified atom stereocenters. The number of hydrogen-bond donors (Lipinski definition) is 1. The van der Waals surface area contributed by atoms with Gasteiger partial charge in [-0.3, -0.25) is 4.90 Å². The van der Waals surface area contributed by atoms with E-state index in [1.165, 1.54) is 6.42 Å². The van der Waals surface area contributed by atoms with Crippen molar-refractivity contribution in [3.63, 3.8) is 0 Å². The van der Waals surface area contributed by atoms with Gasteiger partial charge in [0.05, 0.1) is 0 Å². The molecular weight excluding hydrogens is 326 g/mol. The van der Waals surface area contributed by atoms with Gasteiger partial charge < -0.3 is 9.84 Å². The van der Waals surface area contributed by atoms with Crippen molar-refractivity contribution in [2.24, 2.45) is 23.7 Å². The molecule has 4 nitrogen and oxygen atoms in total. The van der Waals surface area contributed by atoms with Crippen LogP contribution in [0.15, 0.2) is 30.3 Å². The molecular formula is C22H29NO3. The van der Waals surface area contributed by atoms with Gasteiger partial charge in [-0.1, -0.05) is 36.8 Å². The monoisotopic (exact) mass is 355 g/mol. The maximum absolute atomic E-state index is 13.4. The Hall–Kier alpha value is -1.39. The summed E-state index contributed by atoms with van der Waals surface area (Å²) in [7, 11) is 0. The van der Waals surface area contributed by atoms with Crippen LogP contribution < -0.4 is 0 Å². The molecule has 3 aliphatic heterocycles. The summed E-state index contributed by atoms with van der Waals surface area (Å²) in [5.41, 5.74) is -0.781. The predicted molar refractivity (Wildman–Crippen MR) is 98.3 cm³/mol. The van der Waals surface area contributed by atoms with Crippen molar-refractivity contribution in [3.8, 4) is 0 Å². The molecule has 0 aromatic heterocycles. The summed E-state index contributed by atoms with van der Waals surface area (Å²) in [6.45, 7) is 3.07. The van der Waals surface area contributed by atoms with Crippen LogP contribution in [-0.4, -0.2) is 41.7 Å². The highest BCUT2D eigenvalue weighted by Crippen LogP contribution is 2.55. The molecule has 2 aliphatic carbocycles. The van der Waals surface area contributed by atoms with E-state index in [-0.39, 0.29) is 12.0 Å². The SMILES string of the molecule is O=C(OC1CN2CCC1CC2)C(O)(c1ccccc1)C1CC2CCC1C2. The minimum absolute atomic E-state index is 0.00256. The van der Waals surface area contributed by atoms with E-state index in [2.05, 4.69) is 4.90 Å². The number of fused-ring (bicyclic) bond motifs is 5. The largest absolute Gasteiger partial charge is 0.458 e. The molecule has 26 heavy (non-hydrogen) atoms. The number of carbonyl (C=O) groups is 1. The highest BCUT2D eigenvalue weighted by molar-refractivity contribution is 5.82. The predicted octanol–water partition coefficient (Wildman–Crippen LogP) is 2.95. The maximum atomic E-state index is 13.4. The zero-order valence-corrected chi connectivity index (χ0v) is 15.3. The van der Waals surface area contributed by atoms with Crippen molar-refractivity contribution in [1.29, 1.82) is 0 Å². The fourth-order valence-corrected chi connectivity index (χ4v) is 6.20. The van der Waals surface area contributed by atoms with Gasteiger partial charge in [-0.25, -0.2) is 4.79 Å². The Kier molecular flexibility index (Phi) is 4.09. The van der Waals surface area contributed by atoms with Crippen LogP contribution in [-0.2, 0) is 15.1 Å². The number of ether oxygens (including phenoxy) is 1. The third-order valence-electron chi connectivity index (χ3n) is 7.65. The first-order valence-electron chi connectivity index (χ1n) is 10.4. The van der Waals surface area contributed by atoms with Crippen molar-refractivity contribution in [2.45, 2.75) is 50.2 Å². The van der Waals surface area contributed by atoms with Gasteiger partial charge >= 0.3 is 5.97 Å². The molecule has 5 atom stereocenters. The first kappa shape index (κ1) is 16.8. The number of nitrogens with zero attached hydrogens (tertiary/aromatic N) is 1. The number of carbonyl (C=O) groups excluding carboxylic acids is 1. The summed E-state index contributed by atoms with van der Waals surface area (Å²) >= 11 is 0. The van der Waals surface area contributed by atoms with Gasteiger partial charge in [0.2, 0.25) is 0 Å². The first-order valence-corrected chi connectivity index (χ1v) is 10.4. The molecule has 140 valence electrons. The molecule has 3 heterocycles. The quantitative estimate of drug-likeness (QED) is 0.844. The lowest BCUT2D eigenvalue weighted by Gasteiger charge is -2.45. The molecule has 1 aromatic rings. The fourth-order valence-electron chi connectivity index (χ4n) is 6.20. The zero-order chi connectivity index (χ0) is 17.7. The summed E-state index contributed by atoms with van der Waals surface area (Å²) in [5, 5.41) is 11.8. The minimum Gasteiger partial charge on any atom is -0.458 e. The Labute approximate surface area is 155 Å². The van der Waals surface area contributed by atoms with Crippen molar-refractivity contribution in [3.05, 3.63) is 35.9 Å². The molecule has 2 saturated carbocycles. The molecule has 0 amide bonds. The Bertz CT molecular complexity index is 669. The second-order valence-corrected chi connectivity index (χ2v) is 9.00. The Balaban J connectivity index is 1.43. The van der Waals surface area contributed by atoms with Crippen LogP contribution in [0, 0.1) is 23.7 Å². The lowest BCUT2D eigenvalue weighted by atomic mass is 9.72. The van der Waals surface area contributed by atoms with Crippen LogP contribution in [0.4, 0.5) is 0 Å². The van der Waals surface area contributed by atoms with Gasteiger partial charge in [-0.05, 0) is 68.5 Å². The Morgan fingerprint density at radius 3 is 2.38 bits per heavy atom. The molecule has 4 heteroatoms. The average Bonchev–Trinajstić information content (AvgIpc) is 3.33. The van der Waals surface area contributed by atoms with E-state index in [1.54, 1.807) is 0 Å². The smallest absolute Gasteiger partial charge is 0.343 e. The number of piperidine rings is 3. The van der Waals surface area contributed by atoms with E-state index in [4.69, 9.17) is 4.74 Å². The summed E-state index contributed by atoms with van der Waals surface area (Å²) in [5.74, 6) is 1.18. The third-order valence-corrected chi connectivity index (χ3v) is 7.65. The minimum atomic E-state index is -1.49. The molecule has 1 N–H and O–H groups in total. The lowest BCUT2D eigenvalue weighted by molar-refractivity contribution is -0.190. The van der Waals surface area contributed by atoms with Crippen molar-refractivity contribution in [1.82, 2.24) is 4.90 Å². The van der Waals surface area contributed by atoms with Crippen LogP contribution in [0.5, 0.6) is 0 Å². The van der Waals surface area contributed by atoms with Crippen molar-refractivity contribution in [2.75, 3.05) is 19.6 Å². The maximum Gasteiger partial charge on any atom is 0.343 e. The van der Waals surface area contributed by atoms with Gasteiger partial charge in [-0.2, -0.15) is 0 Å². The van der Waals surface area contributed by atoms with Crippen LogP contribution in [0.2, 0.25) is 0 Å². The standard InChI is InChI=1S/C22H29NO3/c24-21(26-20-14-23-10-8-16(20)9-11-23)22(25,18-4-2-1-3-5-18)19-13-15-6-7-17(19)12-15/h1-5,15-17,19-20,25H,6-14H2. The van der Waals surface area contributed by atoms with E-state index in [0.29, 0.717) is 23.3 Å². The van der Waals surface area contributed by atoms with Crippen LogP contribution in [0.25, 0.3) is 0 Å². The van der Waals surface area contributed by atoms with Gasteiger partial charge in [0.25, 0.3) is 0 Å². The number of rotatable bonds is 4. The second-order valence-electron chi connectivity index (χ2n) is 9.00. The summed E-state index contributed by atoms with van der Waals surface area (Å²) in [6, 6.07) is 9.54. The molecule has 3 saturated heterocycles. The zero-order valence-electron chi connectivity index (χ0n) is 15.3. The number of hydrogen-bond acceptors (Lipinski definition) is 4. The molecule has 5 aliphatic rings. The number of benzene rings is 1. The topological polar surface area (TPSA) is 49.8 Å². The summed E-state index contributed by atoms with van der Waals surface area (Å²) < 4.78 is 6.03. The summed E-state index contributed by atoms with van der Waals surface area (Å²) in [6.07, 6.45) is 6.65. The Morgan fingerprint density at radius 1 is 1.04 bits per heavy atom. The first-order chi connectivity index (χ1) is 12.6. The van der Waals surface area contributed by atoms with Gasteiger partial charge in [-0.15, -0.1) is 0 Å². The van der Waals surface area contributed by atoms with Gasteiger partial charge in [0.15, 0.2) is 5.60 Å². The van der Waals surface area contributed by atoms with Gasteiger partial charge in [0.1, 0.15) is 6.10 Å². The van der Waals surface area contributed by atoms with Crippen LogP contribution in [0.1, 0.15) is 44.1 Å². The van der Waals surface area contributed by atoms with Crippen LogP contribution >= 0.6 is 0 Å². The average molecular weight is 355 g/mol. The van der Waals surface area contributed by atoms with Gasteiger partial charge in [0, 0.05) is 12.5 Å². The highest BCUT2D eigenvalue weighted by Gasteiger charge is 2.56. The molecule has 0 spiro atoms. The molecule has 5 fully saturated rings. The molecule has 4 bridgehead atoms. The van der Waals surface area contributed by atoms with Crippen molar-refractivity contribution < 1.29 is 14.6 Å². The lowest BCUT2D eigenvalue weighted by Crippen LogP contribution is -2.55. The van der Waals surface area contributed by atoms with E-state index in [0.717, 1.165) is 51.7 Å². The summed E-state index contributed by atoms with van der Waals surface area (Å²) in [4.78, 5) is 15.8. The number of aliphatic hydroxyl groups is 1. The van der Waals surface area contributed by atoms with E-state index < -0.39 is 11.6 Å². The van der Waals surface area contributed by atoms with E-state index >= 15 is 0 Å². The fraction of sp³-hybridized carbons (Fsp3) is 0.682. The highest BCUT2D eigenvalue weighted by atomic mass is 16.6. The normalized spacial score (nSPS) is 40.3. The second kappa shape index (κ2) is 6.35. The van der Waals surface area contributed by atoms with Crippen LogP contribution in [0.3, 0.4) is 0 Å².